The van der Waals surface area contributed by atoms with E-state index < -0.39 is 17.9 Å². The summed E-state index contributed by atoms with van der Waals surface area (Å²) in [4.78, 5) is 18.5. The van der Waals surface area contributed by atoms with Crippen LogP contribution in [-0.2, 0) is 0 Å². The average Bonchev–Trinajstić information content (AvgIpc) is 2.88. The summed E-state index contributed by atoms with van der Waals surface area (Å²) in [7, 11) is 1.80. The van der Waals surface area contributed by atoms with Crippen LogP contribution in [0.4, 0.5) is 24.9 Å². The number of aryl methyl sites for hydroxylation is 1. The number of nitrogens with two attached hydrogens (primary N) is 1. The van der Waals surface area contributed by atoms with E-state index in [0.29, 0.717) is 46.0 Å². The molecule has 0 aliphatic heterocycles. The number of nitrogen functional groups attached to an aromatic ring is 1. The van der Waals surface area contributed by atoms with Gasteiger partial charge in [-0.3, -0.25) is 4.98 Å². The van der Waals surface area contributed by atoms with Crippen molar-refractivity contribution in [2.24, 2.45) is 0 Å². The topological polar surface area (TPSA) is 114 Å². The zero-order valence-electron chi connectivity index (χ0n) is 20.0. The molecule has 0 aliphatic rings. The van der Waals surface area contributed by atoms with Crippen LogP contribution in [0.3, 0.4) is 0 Å². The molecule has 0 aliphatic carbocycles. The van der Waals surface area contributed by atoms with E-state index in [1.54, 1.807) is 32.2 Å². The molecule has 0 fully saturated rings. The zero-order chi connectivity index (χ0) is 26.5. The van der Waals surface area contributed by atoms with Crippen molar-refractivity contribution in [2.75, 3.05) is 30.8 Å². The third kappa shape index (κ3) is 5.92. The second-order valence-corrected chi connectivity index (χ2v) is 8.13. The summed E-state index contributed by atoms with van der Waals surface area (Å²) in [5.74, 6) is 0.172. The Morgan fingerprint density at radius 3 is 2.46 bits per heavy atom. The highest BCUT2D eigenvalue weighted by molar-refractivity contribution is 5.85. The highest BCUT2D eigenvalue weighted by Crippen LogP contribution is 2.39. The van der Waals surface area contributed by atoms with Crippen LogP contribution >= 0.6 is 0 Å². The number of aromatic nitrogens is 4. The van der Waals surface area contributed by atoms with Gasteiger partial charge in [-0.15, -0.1) is 0 Å². The first kappa shape index (κ1) is 25.4. The predicted octanol–water partition coefficient (Wildman–Crippen LogP) is 4.95. The fourth-order valence-corrected chi connectivity index (χ4v) is 3.66. The fourth-order valence-electron chi connectivity index (χ4n) is 3.66. The Bertz CT molecular complexity index is 1440. The van der Waals surface area contributed by atoms with E-state index in [1.165, 1.54) is 36.5 Å². The Hall–Kier alpha value is -4.72. The molecule has 3 aromatic heterocycles. The van der Waals surface area contributed by atoms with Gasteiger partial charge in [0.15, 0.2) is 0 Å². The average molecular weight is 506 g/mol. The van der Waals surface area contributed by atoms with Crippen molar-refractivity contribution in [1.29, 1.82) is 5.26 Å². The molecule has 3 heterocycles. The van der Waals surface area contributed by atoms with Crippen LogP contribution in [0.1, 0.15) is 23.4 Å². The summed E-state index contributed by atoms with van der Waals surface area (Å²) in [6, 6.07) is 13.8. The van der Waals surface area contributed by atoms with Gasteiger partial charge in [-0.25, -0.2) is 23.1 Å². The molecule has 8 nitrogen and oxygen atoms in total. The number of nitrogens with zero attached hydrogens (tertiary/aromatic N) is 6. The molecule has 0 spiro atoms. The second-order valence-electron chi connectivity index (χ2n) is 8.13. The number of rotatable bonds is 8. The predicted molar refractivity (Wildman–Crippen MR) is 132 cm³/mol. The summed E-state index contributed by atoms with van der Waals surface area (Å²) in [6.07, 6.45) is -1.32. The molecular formula is C26H22F3N7O. The maximum absolute atomic E-state index is 13.6. The van der Waals surface area contributed by atoms with Crippen LogP contribution in [0.15, 0.2) is 54.7 Å². The van der Waals surface area contributed by atoms with E-state index in [0.717, 1.165) is 0 Å². The normalized spacial score (nSPS) is 10.8. The van der Waals surface area contributed by atoms with E-state index >= 15 is 0 Å². The molecule has 0 radical (unpaired) electrons. The van der Waals surface area contributed by atoms with E-state index in [4.69, 9.17) is 15.7 Å². The lowest BCUT2D eigenvalue weighted by Crippen LogP contribution is -2.25. The molecule has 4 rings (SSSR count). The maximum Gasteiger partial charge on any atom is 0.280 e. The Kier molecular flexibility index (Phi) is 7.48. The molecule has 1 aromatic carbocycles. The number of benzene rings is 1. The first-order chi connectivity index (χ1) is 17.7. The van der Waals surface area contributed by atoms with Gasteiger partial charge < -0.3 is 15.4 Å². The third-order valence-corrected chi connectivity index (χ3v) is 5.43. The van der Waals surface area contributed by atoms with Gasteiger partial charge in [-0.2, -0.15) is 10.2 Å². The second kappa shape index (κ2) is 10.9. The van der Waals surface area contributed by atoms with Crippen LogP contribution < -0.4 is 15.4 Å². The molecule has 0 amide bonds. The lowest BCUT2D eigenvalue weighted by atomic mass is 9.99. The minimum atomic E-state index is -2.79. The first-order valence-electron chi connectivity index (χ1n) is 11.2. The SMILES string of the molecule is Cc1cc(-c2c(OCCN(C)c3ccc(C#N)cn3)nc(N)nc2-c2ccc(F)cc2)cc(C(F)F)n1. The summed E-state index contributed by atoms with van der Waals surface area (Å²) >= 11 is 0. The number of pyridine rings is 2. The Morgan fingerprint density at radius 2 is 1.81 bits per heavy atom. The smallest absolute Gasteiger partial charge is 0.280 e. The first-order valence-corrected chi connectivity index (χ1v) is 11.2. The summed E-state index contributed by atoms with van der Waals surface area (Å²) < 4.78 is 46.7. The van der Waals surface area contributed by atoms with E-state index in [-0.39, 0.29) is 18.4 Å². The molecule has 37 heavy (non-hydrogen) atoms. The highest BCUT2D eigenvalue weighted by atomic mass is 19.3. The van der Waals surface area contributed by atoms with Crippen molar-refractivity contribution in [3.8, 4) is 34.3 Å². The highest BCUT2D eigenvalue weighted by Gasteiger charge is 2.21. The largest absolute Gasteiger partial charge is 0.475 e. The standard InChI is InChI=1S/C26H22F3N7O/c1-15-11-18(12-20(33-15)24(28)29)22-23(17-4-6-19(27)7-5-17)34-26(31)35-25(22)37-10-9-36(2)21-8-3-16(13-30)14-32-21/h3-8,11-12,14,24H,9-10H2,1-2H3,(H2,31,34,35). The minimum absolute atomic E-state index is 0.0822. The van der Waals surface area contributed by atoms with Gasteiger partial charge in [0.2, 0.25) is 11.8 Å². The van der Waals surface area contributed by atoms with E-state index in [2.05, 4.69) is 19.9 Å². The molecule has 0 atom stereocenters. The number of hydrogen-bond acceptors (Lipinski definition) is 8. The minimum Gasteiger partial charge on any atom is -0.475 e. The Labute approximate surface area is 211 Å². The molecule has 4 aromatic rings. The van der Waals surface area contributed by atoms with Gasteiger partial charge in [-0.05, 0) is 61.0 Å². The number of ether oxygens (including phenoxy) is 1. The van der Waals surface area contributed by atoms with Crippen LogP contribution in [0, 0.1) is 24.1 Å². The molecule has 11 heteroatoms. The number of likely N-dealkylation sites (N-methyl/N-ethyl adjacent to an activating group) is 1. The van der Waals surface area contributed by atoms with Gasteiger partial charge in [0.25, 0.3) is 6.43 Å². The van der Waals surface area contributed by atoms with Crippen molar-refractivity contribution < 1.29 is 17.9 Å². The van der Waals surface area contributed by atoms with Gasteiger partial charge >= 0.3 is 0 Å². The third-order valence-electron chi connectivity index (χ3n) is 5.43. The molecule has 188 valence electrons. The summed E-state index contributed by atoms with van der Waals surface area (Å²) in [5.41, 5.74) is 7.87. The molecule has 0 saturated heterocycles. The van der Waals surface area contributed by atoms with Gasteiger partial charge in [0.1, 0.15) is 30.0 Å². The van der Waals surface area contributed by atoms with Crippen LogP contribution in [0.25, 0.3) is 22.4 Å². The Morgan fingerprint density at radius 1 is 1.05 bits per heavy atom. The zero-order valence-corrected chi connectivity index (χ0v) is 20.0. The summed E-state index contributed by atoms with van der Waals surface area (Å²) in [5, 5.41) is 8.95. The molecule has 0 bridgehead atoms. The quantitative estimate of drug-likeness (QED) is 0.358. The molecule has 0 saturated carbocycles. The molecule has 0 unspecified atom stereocenters. The molecule has 2 N–H and O–H groups in total. The number of alkyl halides is 2. The Balaban J connectivity index is 1.72. The van der Waals surface area contributed by atoms with Crippen LogP contribution in [-0.4, -0.2) is 40.1 Å². The van der Waals surface area contributed by atoms with Crippen molar-refractivity contribution in [2.45, 2.75) is 13.3 Å². The maximum atomic E-state index is 13.6. The van der Waals surface area contributed by atoms with E-state index in [1.807, 2.05) is 11.0 Å². The number of nitriles is 1. The lowest BCUT2D eigenvalue weighted by molar-refractivity contribution is 0.146. The van der Waals surface area contributed by atoms with Crippen molar-refractivity contribution >= 4 is 11.8 Å². The number of halogens is 3. The van der Waals surface area contributed by atoms with E-state index in [9.17, 15) is 13.2 Å². The van der Waals surface area contributed by atoms with Crippen molar-refractivity contribution in [1.82, 2.24) is 19.9 Å². The van der Waals surface area contributed by atoms with Gasteiger partial charge in [0.05, 0.1) is 23.4 Å². The summed E-state index contributed by atoms with van der Waals surface area (Å²) in [6.45, 7) is 2.12. The lowest BCUT2D eigenvalue weighted by Gasteiger charge is -2.20. The van der Waals surface area contributed by atoms with Crippen molar-refractivity contribution in [3.63, 3.8) is 0 Å². The van der Waals surface area contributed by atoms with Crippen molar-refractivity contribution in [3.05, 3.63) is 77.5 Å². The van der Waals surface area contributed by atoms with Gasteiger partial charge in [-0.1, -0.05) is 0 Å². The van der Waals surface area contributed by atoms with Gasteiger partial charge in [0, 0.05) is 24.5 Å². The number of anilines is 2. The van der Waals surface area contributed by atoms with Crippen LogP contribution in [0.5, 0.6) is 5.88 Å². The molecular weight excluding hydrogens is 483 g/mol. The fraction of sp³-hybridized carbons (Fsp3) is 0.192. The monoisotopic (exact) mass is 505 g/mol. The van der Waals surface area contributed by atoms with Crippen LogP contribution in [0.2, 0.25) is 0 Å². The number of hydrogen-bond donors (Lipinski definition) is 1.